The largest absolute Gasteiger partial charge is 0.383 e. The smallest absolute Gasteiger partial charge is 0.252 e. The Kier molecular flexibility index (Phi) is 8.22. The molecule has 0 saturated carbocycles. The molecular formula is C27H33FN6O2. The van der Waals surface area contributed by atoms with Gasteiger partial charge in [-0.3, -0.25) is 9.69 Å². The Hall–Kier alpha value is -3.43. The molecule has 2 aromatic heterocycles. The number of ether oxygens (including phenoxy) is 1. The molecular weight excluding hydrogens is 459 g/mol. The van der Waals surface area contributed by atoms with E-state index >= 15 is 0 Å². The number of aromatic amines is 1. The lowest BCUT2D eigenvalue weighted by Gasteiger charge is -2.31. The fourth-order valence-corrected chi connectivity index (χ4v) is 4.49. The van der Waals surface area contributed by atoms with Crippen molar-refractivity contribution < 1.29 is 9.13 Å². The summed E-state index contributed by atoms with van der Waals surface area (Å²) < 4.78 is 20.6. The van der Waals surface area contributed by atoms with Crippen LogP contribution in [0.4, 0.5) is 4.39 Å². The minimum Gasteiger partial charge on any atom is -0.383 e. The van der Waals surface area contributed by atoms with E-state index in [1.807, 2.05) is 19.1 Å². The number of tetrazole rings is 1. The van der Waals surface area contributed by atoms with E-state index in [9.17, 15) is 9.18 Å². The number of pyridine rings is 1. The predicted molar refractivity (Wildman–Crippen MR) is 137 cm³/mol. The third-order valence-electron chi connectivity index (χ3n) is 6.58. The highest BCUT2D eigenvalue weighted by Crippen LogP contribution is 2.28. The fourth-order valence-electron chi connectivity index (χ4n) is 4.49. The molecule has 2 heterocycles. The molecule has 1 atom stereocenters. The lowest BCUT2D eigenvalue weighted by Crippen LogP contribution is -2.33. The molecule has 0 saturated heterocycles. The van der Waals surface area contributed by atoms with E-state index in [1.165, 1.54) is 17.7 Å². The number of benzene rings is 2. The van der Waals surface area contributed by atoms with Crippen LogP contribution >= 0.6 is 0 Å². The van der Waals surface area contributed by atoms with E-state index < -0.39 is 0 Å². The van der Waals surface area contributed by atoms with Crippen molar-refractivity contribution >= 4 is 10.9 Å². The Morgan fingerprint density at radius 3 is 2.58 bits per heavy atom. The van der Waals surface area contributed by atoms with Gasteiger partial charge >= 0.3 is 0 Å². The number of aromatic nitrogens is 5. The molecule has 4 aromatic rings. The molecule has 0 spiro atoms. The number of hydrogen-bond donors (Lipinski definition) is 1. The third-order valence-corrected chi connectivity index (χ3v) is 6.58. The van der Waals surface area contributed by atoms with Gasteiger partial charge in [0.1, 0.15) is 5.82 Å². The van der Waals surface area contributed by atoms with E-state index in [0.717, 1.165) is 40.7 Å². The van der Waals surface area contributed by atoms with E-state index in [4.69, 9.17) is 4.74 Å². The quantitative estimate of drug-likeness (QED) is 0.333. The van der Waals surface area contributed by atoms with Gasteiger partial charge in [0, 0.05) is 31.3 Å². The molecule has 2 aromatic carbocycles. The van der Waals surface area contributed by atoms with Gasteiger partial charge in [-0.2, -0.15) is 0 Å². The summed E-state index contributed by atoms with van der Waals surface area (Å²) in [5, 5.41) is 13.4. The van der Waals surface area contributed by atoms with Crippen LogP contribution < -0.4 is 5.56 Å². The van der Waals surface area contributed by atoms with Crippen molar-refractivity contribution in [3.63, 3.8) is 0 Å². The van der Waals surface area contributed by atoms with Gasteiger partial charge in [-0.15, -0.1) is 5.10 Å². The molecule has 0 aliphatic carbocycles. The first-order valence-electron chi connectivity index (χ1n) is 12.3. The molecule has 0 aliphatic heterocycles. The van der Waals surface area contributed by atoms with Gasteiger partial charge in [0.05, 0.1) is 19.2 Å². The normalized spacial score (nSPS) is 12.5. The van der Waals surface area contributed by atoms with Crippen molar-refractivity contribution in [2.75, 3.05) is 13.7 Å². The van der Waals surface area contributed by atoms with E-state index in [-0.39, 0.29) is 17.4 Å². The molecule has 8 nitrogen and oxygen atoms in total. The molecule has 0 amide bonds. The Morgan fingerprint density at radius 1 is 1.11 bits per heavy atom. The molecule has 0 fully saturated rings. The number of rotatable bonds is 11. The van der Waals surface area contributed by atoms with E-state index in [0.29, 0.717) is 31.8 Å². The highest BCUT2D eigenvalue weighted by atomic mass is 19.1. The van der Waals surface area contributed by atoms with Crippen molar-refractivity contribution in [1.29, 1.82) is 0 Å². The summed E-state index contributed by atoms with van der Waals surface area (Å²) in [5.74, 6) is 0.440. The summed E-state index contributed by atoms with van der Waals surface area (Å²) in [5.41, 5.74) is 4.61. The molecule has 1 N–H and O–H groups in total. The number of nitrogens with zero attached hydrogens (tertiary/aromatic N) is 5. The van der Waals surface area contributed by atoms with Crippen LogP contribution in [0.1, 0.15) is 53.9 Å². The summed E-state index contributed by atoms with van der Waals surface area (Å²) in [4.78, 5) is 18.4. The molecule has 0 radical (unpaired) electrons. The highest BCUT2D eigenvalue weighted by molar-refractivity contribution is 5.80. The zero-order valence-electron chi connectivity index (χ0n) is 21.3. The summed E-state index contributed by atoms with van der Waals surface area (Å²) >= 11 is 0. The number of methoxy groups -OCH3 is 1. The summed E-state index contributed by atoms with van der Waals surface area (Å²) in [7, 11) is 1.64. The molecule has 4 rings (SSSR count). The minimum absolute atomic E-state index is 0.121. The molecule has 0 aliphatic rings. The molecule has 36 heavy (non-hydrogen) atoms. The van der Waals surface area contributed by atoms with Crippen LogP contribution in [-0.4, -0.2) is 43.8 Å². The standard InChI is InChI=1S/C27H33FN6O2/c1-5-6-25(26-30-31-32-34(26)11-12-36-4)33(16-20-7-9-23(28)10-8-20)17-22-15-21-13-18(2)19(3)14-24(21)29-27(22)35/h7-10,13-15,25H,5-6,11-12,16-17H2,1-4H3,(H,29,35)/t25-/m0/s1. The van der Waals surface area contributed by atoms with Gasteiger partial charge in [0.15, 0.2) is 5.82 Å². The molecule has 9 heteroatoms. The average Bonchev–Trinajstić information content (AvgIpc) is 3.32. The summed E-state index contributed by atoms with van der Waals surface area (Å²) in [6.45, 7) is 8.12. The second kappa shape index (κ2) is 11.5. The van der Waals surface area contributed by atoms with Crippen LogP contribution in [0.3, 0.4) is 0 Å². The van der Waals surface area contributed by atoms with Gasteiger partial charge < -0.3 is 9.72 Å². The number of nitrogens with one attached hydrogen (secondary N) is 1. The monoisotopic (exact) mass is 492 g/mol. The summed E-state index contributed by atoms with van der Waals surface area (Å²) in [6.07, 6.45) is 1.69. The van der Waals surface area contributed by atoms with Crippen molar-refractivity contribution in [1.82, 2.24) is 30.1 Å². The SMILES string of the molecule is CCC[C@@H](c1nnnn1CCOC)N(Cc1ccc(F)cc1)Cc1cc2cc(C)c(C)cc2[nH]c1=O. The first-order chi connectivity index (χ1) is 17.4. The van der Waals surface area contributed by atoms with Crippen LogP contribution in [0.25, 0.3) is 10.9 Å². The van der Waals surface area contributed by atoms with E-state index in [2.05, 4.69) is 45.3 Å². The number of halogens is 1. The van der Waals surface area contributed by atoms with Gasteiger partial charge in [-0.1, -0.05) is 25.5 Å². The predicted octanol–water partition coefficient (Wildman–Crippen LogP) is 4.46. The molecule has 0 unspecified atom stereocenters. The zero-order valence-corrected chi connectivity index (χ0v) is 21.3. The van der Waals surface area contributed by atoms with Crippen molar-refractivity contribution in [2.24, 2.45) is 0 Å². The topological polar surface area (TPSA) is 88.9 Å². The van der Waals surface area contributed by atoms with Crippen molar-refractivity contribution in [3.8, 4) is 0 Å². The maximum absolute atomic E-state index is 13.6. The molecule has 0 bridgehead atoms. The average molecular weight is 493 g/mol. The second-order valence-electron chi connectivity index (χ2n) is 9.24. The van der Waals surface area contributed by atoms with Gasteiger partial charge in [-0.05, 0) is 83.1 Å². The zero-order chi connectivity index (χ0) is 25.7. The van der Waals surface area contributed by atoms with Crippen LogP contribution in [0.5, 0.6) is 0 Å². The Labute approximate surface area is 210 Å². The van der Waals surface area contributed by atoms with Crippen LogP contribution in [0.2, 0.25) is 0 Å². The Bertz CT molecular complexity index is 1370. The highest BCUT2D eigenvalue weighted by Gasteiger charge is 2.27. The lowest BCUT2D eigenvalue weighted by molar-refractivity contribution is 0.147. The van der Waals surface area contributed by atoms with Crippen molar-refractivity contribution in [2.45, 2.75) is 59.3 Å². The van der Waals surface area contributed by atoms with Crippen LogP contribution in [-0.2, 0) is 24.4 Å². The third kappa shape index (κ3) is 5.85. The fraction of sp³-hybridized carbons (Fsp3) is 0.407. The van der Waals surface area contributed by atoms with Crippen molar-refractivity contribution in [3.05, 3.63) is 86.7 Å². The van der Waals surface area contributed by atoms with Gasteiger partial charge in [0.2, 0.25) is 0 Å². The van der Waals surface area contributed by atoms with Crippen LogP contribution in [0, 0.1) is 19.7 Å². The first-order valence-corrected chi connectivity index (χ1v) is 12.3. The maximum Gasteiger partial charge on any atom is 0.252 e. The van der Waals surface area contributed by atoms with Crippen LogP contribution in [0.15, 0.2) is 47.3 Å². The second-order valence-corrected chi connectivity index (χ2v) is 9.24. The minimum atomic E-state index is -0.282. The first kappa shape index (κ1) is 25.7. The van der Waals surface area contributed by atoms with Gasteiger partial charge in [-0.25, -0.2) is 9.07 Å². The lowest BCUT2D eigenvalue weighted by atomic mass is 10.0. The number of hydrogen-bond acceptors (Lipinski definition) is 6. The summed E-state index contributed by atoms with van der Waals surface area (Å²) in [6, 6.07) is 12.4. The number of aryl methyl sites for hydroxylation is 2. The maximum atomic E-state index is 13.6. The molecule has 190 valence electrons. The number of fused-ring (bicyclic) bond motifs is 1. The Balaban J connectivity index is 1.75. The Morgan fingerprint density at radius 2 is 1.86 bits per heavy atom. The van der Waals surface area contributed by atoms with E-state index in [1.54, 1.807) is 23.9 Å². The van der Waals surface area contributed by atoms with Gasteiger partial charge in [0.25, 0.3) is 5.56 Å². The number of H-pyrrole nitrogens is 1.